The molecule has 0 saturated carbocycles. The van der Waals surface area contributed by atoms with E-state index in [1.54, 1.807) is 23.3 Å². The number of hydrogen-bond acceptors (Lipinski definition) is 4. The average Bonchev–Trinajstić information content (AvgIpc) is 3.24. The van der Waals surface area contributed by atoms with Gasteiger partial charge in [0.15, 0.2) is 0 Å². The van der Waals surface area contributed by atoms with Gasteiger partial charge < -0.3 is 4.90 Å². The number of rotatable bonds is 6. The highest BCUT2D eigenvalue weighted by atomic mass is 32.1. The van der Waals surface area contributed by atoms with Crippen LogP contribution in [0.25, 0.3) is 0 Å². The zero-order valence-corrected chi connectivity index (χ0v) is 14.9. The summed E-state index contributed by atoms with van der Waals surface area (Å²) in [5.41, 5.74) is 1.69. The number of carbonyl (C=O) groups excluding carboxylic acids is 1. The fourth-order valence-corrected chi connectivity index (χ4v) is 3.91. The lowest BCUT2D eigenvalue weighted by Crippen LogP contribution is -2.41. The first-order chi connectivity index (χ1) is 11.5. The molecule has 0 spiro atoms. The third-order valence-corrected chi connectivity index (χ3v) is 5.28. The summed E-state index contributed by atoms with van der Waals surface area (Å²) in [6.07, 6.45) is -0.0466. The first-order valence-electron chi connectivity index (χ1n) is 8.16. The third-order valence-electron chi connectivity index (χ3n) is 4.42. The molecule has 130 valence electrons. The lowest BCUT2D eigenvalue weighted by Gasteiger charge is -2.28. The number of likely N-dealkylation sites (N-methyl/N-ethyl adjacent to an activating group) is 1. The van der Waals surface area contributed by atoms with Gasteiger partial charge in [-0.25, -0.2) is 4.39 Å². The number of H-pyrrole nitrogens is 1. The molecule has 2 aromatic heterocycles. The van der Waals surface area contributed by atoms with Crippen molar-refractivity contribution in [3.05, 3.63) is 39.8 Å². The lowest BCUT2D eigenvalue weighted by molar-refractivity contribution is -0.129. The Kier molecular flexibility index (Phi) is 5.30. The number of nitrogens with one attached hydrogen (secondary N) is 1. The van der Waals surface area contributed by atoms with E-state index in [0.717, 1.165) is 17.9 Å². The number of thiophene rings is 1. The minimum atomic E-state index is -0.813. The standard InChI is InChI=1S/C17H23FN4OS/c1-12-6-14(20-19-12)8-17(23)21(2)10-15-7-13(18)9-22(15)11-16-4-3-5-24-16/h3-6,13,15H,7-11H2,1-2H3,(H,19,20)/t13-,15-/m0/s1. The van der Waals surface area contributed by atoms with Crippen LogP contribution >= 0.6 is 11.3 Å². The van der Waals surface area contributed by atoms with Crippen molar-refractivity contribution >= 4 is 17.2 Å². The smallest absolute Gasteiger partial charge is 0.228 e. The maximum absolute atomic E-state index is 13.9. The maximum Gasteiger partial charge on any atom is 0.228 e. The predicted molar refractivity (Wildman–Crippen MR) is 92.7 cm³/mol. The molecule has 7 heteroatoms. The molecule has 1 fully saturated rings. The van der Waals surface area contributed by atoms with Gasteiger partial charge in [0.2, 0.25) is 5.91 Å². The molecule has 1 aliphatic rings. The average molecular weight is 350 g/mol. The molecule has 2 atom stereocenters. The summed E-state index contributed by atoms with van der Waals surface area (Å²) in [5, 5.41) is 8.99. The molecule has 1 amide bonds. The molecule has 0 bridgehead atoms. The van der Waals surface area contributed by atoms with E-state index in [1.165, 1.54) is 4.88 Å². The topological polar surface area (TPSA) is 52.2 Å². The number of likely N-dealkylation sites (tertiary alicyclic amines) is 1. The summed E-state index contributed by atoms with van der Waals surface area (Å²) in [4.78, 5) is 17.5. The van der Waals surface area contributed by atoms with Crippen LogP contribution in [0.15, 0.2) is 23.6 Å². The third kappa shape index (κ3) is 4.21. The van der Waals surface area contributed by atoms with Crippen LogP contribution in [0.3, 0.4) is 0 Å². The number of alkyl halides is 1. The molecule has 2 aromatic rings. The highest BCUT2D eigenvalue weighted by Gasteiger charge is 2.33. The minimum Gasteiger partial charge on any atom is -0.344 e. The van der Waals surface area contributed by atoms with Crippen LogP contribution in [0, 0.1) is 6.92 Å². The fourth-order valence-electron chi connectivity index (χ4n) is 3.18. The molecule has 3 heterocycles. The summed E-state index contributed by atoms with van der Waals surface area (Å²) < 4.78 is 13.9. The summed E-state index contributed by atoms with van der Waals surface area (Å²) in [6, 6.07) is 6.03. The molecule has 0 radical (unpaired) electrons. The quantitative estimate of drug-likeness (QED) is 0.870. The van der Waals surface area contributed by atoms with Gasteiger partial charge in [0, 0.05) is 43.3 Å². The molecular weight excluding hydrogens is 327 g/mol. The number of aryl methyl sites for hydroxylation is 1. The molecule has 1 saturated heterocycles. The number of aromatic nitrogens is 2. The van der Waals surface area contributed by atoms with Gasteiger partial charge in [0.05, 0.1) is 12.1 Å². The van der Waals surface area contributed by atoms with Crippen molar-refractivity contribution in [1.82, 2.24) is 20.0 Å². The van der Waals surface area contributed by atoms with E-state index in [4.69, 9.17) is 0 Å². The number of nitrogens with zero attached hydrogens (tertiary/aromatic N) is 3. The van der Waals surface area contributed by atoms with Crippen LogP contribution < -0.4 is 0 Å². The highest BCUT2D eigenvalue weighted by molar-refractivity contribution is 7.09. The van der Waals surface area contributed by atoms with E-state index in [9.17, 15) is 9.18 Å². The van der Waals surface area contributed by atoms with E-state index in [1.807, 2.05) is 24.4 Å². The van der Waals surface area contributed by atoms with Gasteiger partial charge in [0.25, 0.3) is 0 Å². The molecule has 0 aromatic carbocycles. The molecule has 0 aliphatic carbocycles. The summed E-state index contributed by atoms with van der Waals surface area (Å²) in [5.74, 6) is 0.0138. The summed E-state index contributed by atoms with van der Waals surface area (Å²) in [7, 11) is 1.79. The summed E-state index contributed by atoms with van der Waals surface area (Å²) >= 11 is 1.69. The van der Waals surface area contributed by atoms with Crippen molar-refractivity contribution in [3.63, 3.8) is 0 Å². The number of carbonyl (C=O) groups is 1. The predicted octanol–water partition coefficient (Wildman–Crippen LogP) is 2.39. The Morgan fingerprint density at radius 2 is 2.42 bits per heavy atom. The molecule has 1 N–H and O–H groups in total. The Labute approximate surface area is 145 Å². The van der Waals surface area contributed by atoms with Gasteiger partial charge in [-0.2, -0.15) is 5.10 Å². The number of halogens is 1. The van der Waals surface area contributed by atoms with E-state index in [2.05, 4.69) is 21.2 Å². The molecular formula is C17H23FN4OS. The van der Waals surface area contributed by atoms with Crippen LogP contribution in [0.2, 0.25) is 0 Å². The largest absolute Gasteiger partial charge is 0.344 e. The number of hydrogen-bond donors (Lipinski definition) is 1. The van der Waals surface area contributed by atoms with Gasteiger partial charge in [0.1, 0.15) is 6.17 Å². The normalized spacial score (nSPS) is 21.3. The van der Waals surface area contributed by atoms with Crippen molar-refractivity contribution in [3.8, 4) is 0 Å². The van der Waals surface area contributed by atoms with Crippen LogP contribution in [0.1, 0.15) is 22.7 Å². The van der Waals surface area contributed by atoms with Crippen molar-refractivity contribution in [2.45, 2.75) is 38.5 Å². The first kappa shape index (κ1) is 17.1. The second-order valence-corrected chi connectivity index (χ2v) is 7.52. The monoisotopic (exact) mass is 350 g/mol. The zero-order valence-electron chi connectivity index (χ0n) is 14.0. The van der Waals surface area contributed by atoms with Crippen molar-refractivity contribution in [2.75, 3.05) is 20.1 Å². The van der Waals surface area contributed by atoms with Crippen molar-refractivity contribution < 1.29 is 9.18 Å². The van der Waals surface area contributed by atoms with Crippen LogP contribution in [-0.2, 0) is 17.8 Å². The molecule has 3 rings (SSSR count). The zero-order chi connectivity index (χ0) is 17.1. The van der Waals surface area contributed by atoms with Crippen LogP contribution in [0.4, 0.5) is 4.39 Å². The SMILES string of the molecule is Cc1cc(CC(=O)N(C)C[C@@H]2C[C@H](F)CN2Cc2cccs2)n[nH]1. The second-order valence-electron chi connectivity index (χ2n) is 6.49. The van der Waals surface area contributed by atoms with Gasteiger partial charge in [-0.05, 0) is 30.9 Å². The Morgan fingerprint density at radius 3 is 3.08 bits per heavy atom. The van der Waals surface area contributed by atoms with Crippen LogP contribution in [-0.4, -0.2) is 58.3 Å². The van der Waals surface area contributed by atoms with Crippen molar-refractivity contribution in [1.29, 1.82) is 0 Å². The van der Waals surface area contributed by atoms with Gasteiger partial charge in [-0.3, -0.25) is 14.8 Å². The Balaban J connectivity index is 1.57. The Hall–Kier alpha value is -1.73. The minimum absolute atomic E-state index is 0.0138. The van der Waals surface area contributed by atoms with E-state index in [0.29, 0.717) is 19.5 Å². The first-order valence-corrected chi connectivity index (χ1v) is 9.04. The Bertz CT molecular complexity index is 672. The molecule has 5 nitrogen and oxygen atoms in total. The Morgan fingerprint density at radius 1 is 1.58 bits per heavy atom. The van der Waals surface area contributed by atoms with E-state index in [-0.39, 0.29) is 18.4 Å². The maximum atomic E-state index is 13.9. The number of aromatic amines is 1. The van der Waals surface area contributed by atoms with Gasteiger partial charge in [-0.15, -0.1) is 11.3 Å². The number of amides is 1. The van der Waals surface area contributed by atoms with E-state index < -0.39 is 6.17 Å². The van der Waals surface area contributed by atoms with Crippen molar-refractivity contribution in [2.24, 2.45) is 0 Å². The molecule has 24 heavy (non-hydrogen) atoms. The van der Waals surface area contributed by atoms with Gasteiger partial charge >= 0.3 is 0 Å². The molecule has 0 unspecified atom stereocenters. The highest BCUT2D eigenvalue weighted by Crippen LogP contribution is 2.24. The fraction of sp³-hybridized carbons (Fsp3) is 0.529. The lowest BCUT2D eigenvalue weighted by atomic mass is 10.2. The van der Waals surface area contributed by atoms with Gasteiger partial charge in [-0.1, -0.05) is 6.07 Å². The van der Waals surface area contributed by atoms with Crippen LogP contribution in [0.5, 0.6) is 0 Å². The molecule has 1 aliphatic heterocycles. The second kappa shape index (κ2) is 7.44. The van der Waals surface area contributed by atoms with E-state index >= 15 is 0 Å². The summed E-state index contributed by atoms with van der Waals surface area (Å²) in [6.45, 7) is 3.66.